The number of hydrogen-bond acceptors (Lipinski definition) is 5. The van der Waals surface area contributed by atoms with E-state index in [-0.39, 0.29) is 0 Å². The molecule has 1 aromatic heterocycles. The molecular weight excluding hydrogens is 450 g/mol. The van der Waals surface area contributed by atoms with Gasteiger partial charge in [-0.3, -0.25) is 9.78 Å². The molecule has 5 rings (SSSR count). The zero-order chi connectivity index (χ0) is 25.2. The van der Waals surface area contributed by atoms with Gasteiger partial charge in [-0.25, -0.2) is 4.79 Å². The second kappa shape index (κ2) is 9.91. The molecule has 0 saturated carbocycles. The van der Waals surface area contributed by atoms with E-state index in [1.54, 1.807) is 12.1 Å². The summed E-state index contributed by atoms with van der Waals surface area (Å²) in [5.41, 5.74) is 6.38. The summed E-state index contributed by atoms with van der Waals surface area (Å²) in [4.78, 5) is 34.3. The Hall–Kier alpha value is -4.03. The number of rotatable bonds is 5. The Morgan fingerprint density at radius 1 is 0.972 bits per heavy atom. The molecule has 0 bridgehead atoms. The summed E-state index contributed by atoms with van der Waals surface area (Å²) in [6.45, 7) is 5.43. The molecule has 4 aromatic rings. The van der Waals surface area contributed by atoms with Crippen molar-refractivity contribution in [1.29, 1.82) is 0 Å². The lowest BCUT2D eigenvalue weighted by Gasteiger charge is -2.27. The van der Waals surface area contributed by atoms with Crippen molar-refractivity contribution in [3.05, 3.63) is 106 Å². The minimum atomic E-state index is -1.11. The number of nitrogens with one attached hydrogen (secondary N) is 1. The molecule has 0 fully saturated rings. The lowest BCUT2D eigenvalue weighted by Crippen LogP contribution is -2.31. The molecule has 1 unspecified atom stereocenters. The van der Waals surface area contributed by atoms with Crippen LogP contribution in [-0.2, 0) is 22.5 Å². The maximum atomic E-state index is 13.8. The summed E-state index contributed by atoms with van der Waals surface area (Å²) in [6.07, 6.45) is -0.352. The molecular formula is C30H29N3O3. The van der Waals surface area contributed by atoms with Gasteiger partial charge >= 0.3 is 5.97 Å². The third kappa shape index (κ3) is 4.86. The number of nitrogens with zero attached hydrogens (tertiary/aromatic N) is 2. The largest absolute Gasteiger partial charge is 0.444 e. The first kappa shape index (κ1) is 23.7. The number of carbonyl (C=O) groups excluding carboxylic acids is 2. The molecule has 2 heterocycles. The number of anilines is 1. The minimum absolute atomic E-state index is 0.399. The monoisotopic (exact) mass is 479 g/mol. The first-order chi connectivity index (χ1) is 17.4. The molecule has 1 aliphatic rings. The number of esters is 1. The van der Waals surface area contributed by atoms with Crippen LogP contribution in [0.4, 0.5) is 5.69 Å². The Bertz CT molecular complexity index is 1430. The van der Waals surface area contributed by atoms with Crippen LogP contribution in [0, 0.1) is 13.8 Å². The normalized spacial score (nSPS) is 14.2. The van der Waals surface area contributed by atoms with Gasteiger partial charge in [0.1, 0.15) is 0 Å². The topological polar surface area (TPSA) is 71.5 Å². The van der Waals surface area contributed by atoms with Crippen molar-refractivity contribution < 1.29 is 14.3 Å². The number of fused-ring (bicyclic) bond motifs is 2. The summed E-state index contributed by atoms with van der Waals surface area (Å²) in [5.74, 6) is -0.923. The van der Waals surface area contributed by atoms with Crippen LogP contribution in [0.3, 0.4) is 0 Å². The second-order valence-electron chi connectivity index (χ2n) is 9.48. The number of ether oxygens (including phenoxy) is 1. The molecule has 6 nitrogen and oxygen atoms in total. The van der Waals surface area contributed by atoms with Gasteiger partial charge in [0.05, 0.1) is 11.1 Å². The molecule has 6 heteroatoms. The molecule has 0 radical (unpaired) electrons. The fourth-order valence-corrected chi connectivity index (χ4v) is 4.88. The highest BCUT2D eigenvalue weighted by molar-refractivity contribution is 6.06. The van der Waals surface area contributed by atoms with Crippen molar-refractivity contribution >= 4 is 28.5 Å². The number of amides is 1. The number of likely N-dealkylation sites (N-methyl/N-ethyl adjacent to an activating group) is 1. The highest BCUT2D eigenvalue weighted by Crippen LogP contribution is 2.30. The van der Waals surface area contributed by atoms with Crippen LogP contribution >= 0.6 is 0 Å². The first-order valence-electron chi connectivity index (χ1n) is 12.1. The molecule has 1 N–H and O–H groups in total. The van der Waals surface area contributed by atoms with E-state index < -0.39 is 18.0 Å². The predicted octanol–water partition coefficient (Wildman–Crippen LogP) is 5.38. The molecule has 1 amide bonds. The summed E-state index contributed by atoms with van der Waals surface area (Å²) in [6, 6.07) is 22.6. The molecule has 1 aliphatic heterocycles. The van der Waals surface area contributed by atoms with Crippen LogP contribution < -0.4 is 5.32 Å². The first-order valence-corrected chi connectivity index (χ1v) is 12.1. The van der Waals surface area contributed by atoms with Gasteiger partial charge in [0, 0.05) is 47.4 Å². The highest BCUT2D eigenvalue weighted by atomic mass is 16.5. The van der Waals surface area contributed by atoms with Crippen LogP contribution in [0.5, 0.6) is 0 Å². The molecule has 182 valence electrons. The molecule has 36 heavy (non-hydrogen) atoms. The van der Waals surface area contributed by atoms with Crippen molar-refractivity contribution in [2.75, 3.05) is 18.9 Å². The van der Waals surface area contributed by atoms with E-state index >= 15 is 0 Å². The third-order valence-corrected chi connectivity index (χ3v) is 6.50. The van der Waals surface area contributed by atoms with Gasteiger partial charge in [-0.05, 0) is 50.2 Å². The van der Waals surface area contributed by atoms with Crippen molar-refractivity contribution in [2.24, 2.45) is 0 Å². The van der Waals surface area contributed by atoms with Crippen LogP contribution in [-0.4, -0.2) is 35.4 Å². The molecule has 0 spiro atoms. The zero-order valence-corrected chi connectivity index (χ0v) is 20.7. The average Bonchev–Trinajstić information content (AvgIpc) is 2.85. The van der Waals surface area contributed by atoms with E-state index in [1.807, 2.05) is 81.6 Å². The Balaban J connectivity index is 1.54. The molecule has 0 aliphatic carbocycles. The van der Waals surface area contributed by atoms with Gasteiger partial charge in [0.25, 0.3) is 5.91 Å². The van der Waals surface area contributed by atoms with E-state index in [2.05, 4.69) is 10.2 Å². The summed E-state index contributed by atoms with van der Waals surface area (Å²) in [5, 5.41) is 3.68. The van der Waals surface area contributed by atoms with Gasteiger partial charge in [0.15, 0.2) is 0 Å². The Labute approximate surface area is 210 Å². The van der Waals surface area contributed by atoms with Crippen molar-refractivity contribution in [2.45, 2.75) is 32.9 Å². The maximum Gasteiger partial charge on any atom is 0.340 e. The Morgan fingerprint density at radius 3 is 2.42 bits per heavy atom. The fourth-order valence-electron chi connectivity index (χ4n) is 4.88. The van der Waals surface area contributed by atoms with Gasteiger partial charge in [-0.1, -0.05) is 54.6 Å². The number of pyridine rings is 1. The summed E-state index contributed by atoms with van der Waals surface area (Å²) in [7, 11) is 2.03. The number of hydrogen-bond donors (Lipinski definition) is 1. The smallest absolute Gasteiger partial charge is 0.340 e. The van der Waals surface area contributed by atoms with Gasteiger partial charge < -0.3 is 15.0 Å². The van der Waals surface area contributed by atoms with Gasteiger partial charge in [0.2, 0.25) is 6.10 Å². The minimum Gasteiger partial charge on any atom is -0.444 e. The number of aryl methyl sites for hydroxylation is 2. The maximum absolute atomic E-state index is 13.8. The van der Waals surface area contributed by atoms with Crippen LogP contribution in [0.15, 0.2) is 72.8 Å². The number of aromatic nitrogens is 1. The standard InChI is InChI=1S/C30H29N3O3/c1-19-15-20(2)17-22(16-19)31-29(34)28(21-9-5-4-6-10-21)36-30(35)27-23-11-7-8-12-25(23)32-26-13-14-33(3)18-24(26)27/h4-12,15-17,28H,13-14,18H2,1-3H3,(H,31,34). The molecule has 1 atom stereocenters. The quantitative estimate of drug-likeness (QED) is 0.389. The van der Waals surface area contributed by atoms with Crippen LogP contribution in [0.2, 0.25) is 0 Å². The van der Waals surface area contributed by atoms with Crippen molar-refractivity contribution in [3.8, 4) is 0 Å². The van der Waals surface area contributed by atoms with E-state index in [9.17, 15) is 9.59 Å². The lowest BCUT2D eigenvalue weighted by molar-refractivity contribution is -0.125. The van der Waals surface area contributed by atoms with Crippen LogP contribution in [0.1, 0.15) is 44.4 Å². The molecule has 3 aromatic carbocycles. The number of para-hydroxylation sites is 1. The summed E-state index contributed by atoms with van der Waals surface area (Å²) < 4.78 is 6.03. The van der Waals surface area contributed by atoms with Gasteiger partial charge in [-0.15, -0.1) is 0 Å². The number of benzene rings is 3. The second-order valence-corrected chi connectivity index (χ2v) is 9.48. The van der Waals surface area contributed by atoms with Gasteiger partial charge in [-0.2, -0.15) is 0 Å². The van der Waals surface area contributed by atoms with E-state index in [0.29, 0.717) is 23.4 Å². The Morgan fingerprint density at radius 2 is 1.67 bits per heavy atom. The zero-order valence-electron chi connectivity index (χ0n) is 20.7. The number of carbonyl (C=O) groups is 2. The van der Waals surface area contributed by atoms with Crippen LogP contribution in [0.25, 0.3) is 10.9 Å². The summed E-state index contributed by atoms with van der Waals surface area (Å²) >= 11 is 0. The van der Waals surface area contributed by atoms with E-state index in [4.69, 9.17) is 9.72 Å². The van der Waals surface area contributed by atoms with Crippen molar-refractivity contribution in [1.82, 2.24) is 9.88 Å². The van der Waals surface area contributed by atoms with Crippen molar-refractivity contribution in [3.63, 3.8) is 0 Å². The molecule has 0 saturated heterocycles. The third-order valence-electron chi connectivity index (χ3n) is 6.50. The highest BCUT2D eigenvalue weighted by Gasteiger charge is 2.30. The lowest BCUT2D eigenvalue weighted by atomic mass is 9.96. The Kier molecular flexibility index (Phi) is 6.53. The fraction of sp³-hybridized carbons (Fsp3) is 0.233. The predicted molar refractivity (Wildman–Crippen MR) is 141 cm³/mol. The van der Waals surface area contributed by atoms with E-state index in [0.717, 1.165) is 46.3 Å². The van der Waals surface area contributed by atoms with E-state index in [1.165, 1.54) is 0 Å². The SMILES string of the molecule is Cc1cc(C)cc(NC(=O)C(OC(=O)c2c3c(nc4ccccc24)CCN(C)C3)c2ccccc2)c1. The average molecular weight is 480 g/mol.